The molecule has 0 amide bonds. The molecule has 1 aliphatic rings. The molecule has 0 aromatic carbocycles. The van der Waals surface area contributed by atoms with Crippen LogP contribution in [0.4, 0.5) is 5.95 Å². The van der Waals surface area contributed by atoms with E-state index in [4.69, 9.17) is 10.5 Å². The Morgan fingerprint density at radius 3 is 3.06 bits per heavy atom. The highest BCUT2D eigenvalue weighted by atomic mass is 16.5. The minimum atomic E-state index is 0.331. The molecule has 1 aromatic heterocycles. The smallest absolute Gasteiger partial charge is 0.226 e. The van der Waals surface area contributed by atoms with Crippen molar-refractivity contribution in [3.63, 3.8) is 0 Å². The van der Waals surface area contributed by atoms with Crippen LogP contribution in [0.2, 0.25) is 0 Å². The van der Waals surface area contributed by atoms with Gasteiger partial charge in [0.2, 0.25) is 11.8 Å². The van der Waals surface area contributed by atoms with Crippen LogP contribution in [-0.4, -0.2) is 28.7 Å². The van der Waals surface area contributed by atoms with Crippen molar-refractivity contribution in [2.75, 3.05) is 11.9 Å². The molecule has 0 saturated heterocycles. The lowest BCUT2D eigenvalue weighted by molar-refractivity contribution is 0.304. The molecule has 5 nitrogen and oxygen atoms in total. The minimum Gasteiger partial charge on any atom is -0.478 e. The second-order valence-corrected chi connectivity index (χ2v) is 4.14. The highest BCUT2D eigenvalue weighted by molar-refractivity contribution is 5.30. The summed E-state index contributed by atoms with van der Waals surface area (Å²) in [6.45, 7) is 2.75. The quantitative estimate of drug-likeness (QED) is 0.782. The summed E-state index contributed by atoms with van der Waals surface area (Å²) in [5, 5.41) is 3.24. The first kappa shape index (κ1) is 11.1. The molecule has 0 atom stereocenters. The molecular weight excluding hydrogens is 204 g/mol. The van der Waals surface area contributed by atoms with Gasteiger partial charge in [-0.2, -0.15) is 4.98 Å². The Balaban J connectivity index is 1.88. The summed E-state index contributed by atoms with van der Waals surface area (Å²) in [5.74, 6) is 1.26. The molecule has 5 heteroatoms. The molecule has 0 unspecified atom stereocenters. The van der Waals surface area contributed by atoms with E-state index in [0.29, 0.717) is 30.5 Å². The van der Waals surface area contributed by atoms with Crippen LogP contribution < -0.4 is 15.8 Å². The summed E-state index contributed by atoms with van der Waals surface area (Å²) in [5.41, 5.74) is 5.71. The summed E-state index contributed by atoms with van der Waals surface area (Å²) < 4.78 is 5.43. The van der Waals surface area contributed by atoms with Gasteiger partial charge in [0, 0.05) is 24.3 Å². The van der Waals surface area contributed by atoms with Crippen molar-refractivity contribution in [3.8, 4) is 5.88 Å². The normalized spacial score (nSPS) is 23.6. The summed E-state index contributed by atoms with van der Waals surface area (Å²) in [6.07, 6.45) is 4.66. The first-order valence-electron chi connectivity index (χ1n) is 5.76. The van der Waals surface area contributed by atoms with Crippen LogP contribution in [0.1, 0.15) is 26.2 Å². The average Bonchev–Trinajstić information content (AvgIpc) is 2.25. The molecule has 2 rings (SSSR count). The third-order valence-electron chi connectivity index (χ3n) is 2.59. The predicted molar refractivity (Wildman–Crippen MR) is 62.4 cm³/mol. The minimum absolute atomic E-state index is 0.331. The van der Waals surface area contributed by atoms with Crippen molar-refractivity contribution in [2.24, 2.45) is 5.73 Å². The SMILES string of the molecule is CCCOc1ccnc(NC2CC(N)C2)n1. The second-order valence-electron chi connectivity index (χ2n) is 4.14. The molecule has 1 saturated carbocycles. The third-order valence-corrected chi connectivity index (χ3v) is 2.59. The van der Waals surface area contributed by atoms with Gasteiger partial charge in [-0.05, 0) is 19.3 Å². The van der Waals surface area contributed by atoms with Gasteiger partial charge in [-0.15, -0.1) is 0 Å². The Morgan fingerprint density at radius 2 is 2.38 bits per heavy atom. The number of nitrogens with two attached hydrogens (primary N) is 1. The van der Waals surface area contributed by atoms with E-state index in [1.54, 1.807) is 12.3 Å². The Labute approximate surface area is 95.4 Å². The van der Waals surface area contributed by atoms with Crippen LogP contribution in [0.5, 0.6) is 5.88 Å². The van der Waals surface area contributed by atoms with Crippen molar-refractivity contribution in [1.82, 2.24) is 9.97 Å². The Bertz CT molecular complexity index is 339. The van der Waals surface area contributed by atoms with Gasteiger partial charge in [0.15, 0.2) is 0 Å². The van der Waals surface area contributed by atoms with E-state index in [1.807, 2.05) is 0 Å². The maximum Gasteiger partial charge on any atom is 0.226 e. The number of aromatic nitrogens is 2. The molecule has 1 aromatic rings. The first-order valence-corrected chi connectivity index (χ1v) is 5.76. The van der Waals surface area contributed by atoms with E-state index >= 15 is 0 Å². The number of nitrogens with one attached hydrogen (secondary N) is 1. The number of hydrogen-bond donors (Lipinski definition) is 2. The topological polar surface area (TPSA) is 73.1 Å². The largest absolute Gasteiger partial charge is 0.478 e. The number of hydrogen-bond acceptors (Lipinski definition) is 5. The Hall–Kier alpha value is -1.36. The lowest BCUT2D eigenvalue weighted by Gasteiger charge is -2.32. The first-order chi connectivity index (χ1) is 7.78. The average molecular weight is 222 g/mol. The lowest BCUT2D eigenvalue weighted by Crippen LogP contribution is -2.44. The van der Waals surface area contributed by atoms with Crippen LogP contribution in [0.3, 0.4) is 0 Å². The van der Waals surface area contributed by atoms with Gasteiger partial charge < -0.3 is 15.8 Å². The molecule has 16 heavy (non-hydrogen) atoms. The molecule has 88 valence electrons. The summed E-state index contributed by atoms with van der Waals surface area (Å²) in [4.78, 5) is 8.42. The van der Waals surface area contributed by atoms with E-state index in [9.17, 15) is 0 Å². The Morgan fingerprint density at radius 1 is 1.56 bits per heavy atom. The van der Waals surface area contributed by atoms with Crippen LogP contribution >= 0.6 is 0 Å². The molecule has 1 aliphatic carbocycles. The molecule has 1 fully saturated rings. The van der Waals surface area contributed by atoms with Crippen molar-refractivity contribution in [1.29, 1.82) is 0 Å². The van der Waals surface area contributed by atoms with Crippen molar-refractivity contribution in [3.05, 3.63) is 12.3 Å². The molecule has 3 N–H and O–H groups in total. The fourth-order valence-electron chi connectivity index (χ4n) is 1.66. The molecule has 0 aliphatic heterocycles. The third kappa shape index (κ3) is 2.82. The van der Waals surface area contributed by atoms with Crippen molar-refractivity contribution in [2.45, 2.75) is 38.3 Å². The molecular formula is C11H18N4O. The van der Waals surface area contributed by atoms with Gasteiger partial charge in [-0.25, -0.2) is 4.98 Å². The van der Waals surface area contributed by atoms with E-state index in [1.165, 1.54) is 0 Å². The number of nitrogens with zero attached hydrogens (tertiary/aromatic N) is 2. The van der Waals surface area contributed by atoms with Crippen molar-refractivity contribution >= 4 is 5.95 Å². The summed E-state index contributed by atoms with van der Waals surface area (Å²) in [7, 11) is 0. The predicted octanol–water partition coefficient (Wildman–Crippen LogP) is 1.17. The number of ether oxygens (including phenoxy) is 1. The molecule has 0 bridgehead atoms. The zero-order valence-electron chi connectivity index (χ0n) is 9.52. The summed E-state index contributed by atoms with van der Waals surface area (Å²) >= 11 is 0. The van der Waals surface area contributed by atoms with Crippen LogP contribution in [0, 0.1) is 0 Å². The standard InChI is InChI=1S/C11H18N4O/c1-2-5-16-10-3-4-13-11(15-10)14-9-6-8(12)7-9/h3-4,8-9H,2,5-7,12H2,1H3,(H,13,14,15). The highest BCUT2D eigenvalue weighted by Gasteiger charge is 2.26. The van der Waals surface area contributed by atoms with Gasteiger partial charge in [0.1, 0.15) is 0 Å². The van der Waals surface area contributed by atoms with Crippen molar-refractivity contribution < 1.29 is 4.74 Å². The second kappa shape index (κ2) is 5.12. The zero-order valence-corrected chi connectivity index (χ0v) is 9.52. The molecule has 0 spiro atoms. The summed E-state index contributed by atoms with van der Waals surface area (Å²) in [6, 6.07) is 2.52. The van der Waals surface area contributed by atoms with E-state index in [2.05, 4.69) is 22.2 Å². The maximum absolute atomic E-state index is 5.71. The number of rotatable bonds is 5. The zero-order chi connectivity index (χ0) is 11.4. The van der Waals surface area contributed by atoms with Gasteiger partial charge in [0.05, 0.1) is 6.61 Å². The lowest BCUT2D eigenvalue weighted by atomic mass is 9.88. The van der Waals surface area contributed by atoms with Gasteiger partial charge in [0.25, 0.3) is 0 Å². The van der Waals surface area contributed by atoms with Gasteiger partial charge in [-0.1, -0.05) is 6.92 Å². The van der Waals surface area contributed by atoms with Crippen LogP contribution in [0.15, 0.2) is 12.3 Å². The number of anilines is 1. The fourth-order valence-corrected chi connectivity index (χ4v) is 1.66. The highest BCUT2D eigenvalue weighted by Crippen LogP contribution is 2.21. The molecule has 0 radical (unpaired) electrons. The molecule has 1 heterocycles. The monoisotopic (exact) mass is 222 g/mol. The van der Waals surface area contributed by atoms with Gasteiger partial charge in [-0.3, -0.25) is 0 Å². The van der Waals surface area contributed by atoms with Crippen LogP contribution in [-0.2, 0) is 0 Å². The fraction of sp³-hybridized carbons (Fsp3) is 0.636. The van der Waals surface area contributed by atoms with E-state index in [-0.39, 0.29) is 0 Å². The Kier molecular flexibility index (Phi) is 3.56. The maximum atomic E-state index is 5.71. The van der Waals surface area contributed by atoms with Gasteiger partial charge >= 0.3 is 0 Å². The van der Waals surface area contributed by atoms with E-state index in [0.717, 1.165) is 19.3 Å². The van der Waals surface area contributed by atoms with Crippen LogP contribution in [0.25, 0.3) is 0 Å². The van der Waals surface area contributed by atoms with E-state index < -0.39 is 0 Å².